The second-order valence-electron chi connectivity index (χ2n) is 5.37. The maximum absolute atomic E-state index is 13.7. The highest BCUT2D eigenvalue weighted by molar-refractivity contribution is 6.31. The van der Waals surface area contributed by atoms with Crippen LogP contribution in [-0.2, 0) is 11.2 Å². The summed E-state index contributed by atoms with van der Waals surface area (Å²) in [6, 6.07) is 6.16. The molecule has 1 aromatic carbocycles. The highest BCUT2D eigenvalue weighted by atomic mass is 35.5. The van der Waals surface area contributed by atoms with Crippen molar-refractivity contribution >= 4 is 29.1 Å². The Bertz CT molecular complexity index is 721. The summed E-state index contributed by atoms with van der Waals surface area (Å²) in [4.78, 5) is 20.5. The van der Waals surface area contributed by atoms with Crippen LogP contribution in [0.2, 0.25) is 5.02 Å². The summed E-state index contributed by atoms with van der Waals surface area (Å²) in [7, 11) is 0. The number of carbonyl (C=O) groups is 1. The number of aryl methyl sites for hydroxylation is 1. The number of anilines is 2. The number of rotatable bonds is 8. The molecule has 3 N–H and O–H groups in total. The van der Waals surface area contributed by atoms with Crippen LogP contribution in [-0.4, -0.2) is 35.5 Å². The highest BCUT2D eigenvalue weighted by Gasteiger charge is 2.11. The molecule has 2 rings (SSSR count). The van der Waals surface area contributed by atoms with Crippen molar-refractivity contribution in [3.63, 3.8) is 0 Å². The molecule has 1 amide bonds. The first-order chi connectivity index (χ1) is 12.0. The molecule has 2 aromatic rings. The van der Waals surface area contributed by atoms with Crippen LogP contribution in [0.3, 0.4) is 0 Å². The monoisotopic (exact) mass is 365 g/mol. The number of aromatic nitrogens is 2. The van der Waals surface area contributed by atoms with E-state index in [1.54, 1.807) is 12.1 Å². The van der Waals surface area contributed by atoms with Crippen molar-refractivity contribution in [2.75, 3.05) is 30.3 Å². The van der Waals surface area contributed by atoms with E-state index in [0.29, 0.717) is 24.7 Å². The van der Waals surface area contributed by atoms with Gasteiger partial charge in [-0.15, -0.1) is 0 Å². The van der Waals surface area contributed by atoms with Crippen LogP contribution >= 0.6 is 11.6 Å². The van der Waals surface area contributed by atoms with Crippen LogP contribution in [0.4, 0.5) is 16.0 Å². The molecule has 1 aromatic heterocycles. The van der Waals surface area contributed by atoms with Gasteiger partial charge >= 0.3 is 0 Å². The third-order valence-corrected chi connectivity index (χ3v) is 3.70. The van der Waals surface area contributed by atoms with E-state index in [-0.39, 0.29) is 22.9 Å². The molecule has 1 heterocycles. The number of carbonyl (C=O) groups excluding carboxylic acids is 1. The van der Waals surface area contributed by atoms with E-state index in [2.05, 4.69) is 25.9 Å². The van der Waals surface area contributed by atoms with Gasteiger partial charge in [-0.3, -0.25) is 4.79 Å². The molecule has 0 aliphatic carbocycles. The molecule has 0 fully saturated rings. The van der Waals surface area contributed by atoms with Gasteiger partial charge < -0.3 is 16.0 Å². The average Bonchev–Trinajstić information content (AvgIpc) is 2.55. The minimum absolute atomic E-state index is 0.0946. The van der Waals surface area contributed by atoms with Gasteiger partial charge in [0.05, 0.1) is 6.42 Å². The highest BCUT2D eigenvalue weighted by Crippen LogP contribution is 2.19. The lowest BCUT2D eigenvalue weighted by Gasteiger charge is -2.10. The van der Waals surface area contributed by atoms with Gasteiger partial charge in [-0.25, -0.2) is 14.4 Å². The van der Waals surface area contributed by atoms with Crippen LogP contribution < -0.4 is 16.0 Å². The van der Waals surface area contributed by atoms with E-state index in [4.69, 9.17) is 11.6 Å². The number of halogens is 2. The fourth-order valence-electron chi connectivity index (χ4n) is 2.25. The summed E-state index contributed by atoms with van der Waals surface area (Å²) in [6.07, 6.45) is -0.0946. The molecule has 0 aliphatic rings. The lowest BCUT2D eigenvalue weighted by molar-refractivity contribution is -0.120. The van der Waals surface area contributed by atoms with Crippen molar-refractivity contribution in [3.05, 3.63) is 46.5 Å². The Morgan fingerprint density at radius 2 is 1.92 bits per heavy atom. The Morgan fingerprint density at radius 3 is 2.60 bits per heavy atom. The van der Waals surface area contributed by atoms with Gasteiger partial charge in [0.15, 0.2) is 0 Å². The second-order valence-corrected chi connectivity index (χ2v) is 5.78. The number of nitrogens with zero attached hydrogens (tertiary/aromatic N) is 2. The van der Waals surface area contributed by atoms with E-state index in [9.17, 15) is 9.18 Å². The molecule has 0 unspecified atom stereocenters. The maximum Gasteiger partial charge on any atom is 0.224 e. The molecule has 0 aliphatic heterocycles. The van der Waals surface area contributed by atoms with Crippen molar-refractivity contribution in [2.45, 2.75) is 20.3 Å². The largest absolute Gasteiger partial charge is 0.370 e. The Kier molecular flexibility index (Phi) is 6.94. The average molecular weight is 366 g/mol. The van der Waals surface area contributed by atoms with Crippen LogP contribution in [0.15, 0.2) is 24.3 Å². The fourth-order valence-corrected chi connectivity index (χ4v) is 2.48. The van der Waals surface area contributed by atoms with E-state index < -0.39 is 5.82 Å². The SMILES string of the molecule is CCNc1cc(NCCNC(=O)Cc2c(F)cccc2Cl)nc(C)n1. The predicted octanol–water partition coefficient (Wildman–Crippen LogP) is 2.78. The second kappa shape index (κ2) is 9.17. The first-order valence-corrected chi connectivity index (χ1v) is 8.40. The number of benzene rings is 1. The fraction of sp³-hybridized carbons (Fsp3) is 0.353. The Morgan fingerprint density at radius 1 is 1.20 bits per heavy atom. The standard InChI is InChI=1S/C17H21ClFN5O/c1-3-20-15-10-16(24-11(2)23-15)21-7-8-22-17(25)9-12-13(18)5-4-6-14(12)19/h4-6,10H,3,7-9H2,1-2H3,(H,22,25)(H2,20,21,23,24). The van der Waals surface area contributed by atoms with Crippen molar-refractivity contribution in [2.24, 2.45) is 0 Å². The summed E-state index contributed by atoms with van der Waals surface area (Å²) in [5.41, 5.74) is 0.205. The smallest absolute Gasteiger partial charge is 0.224 e. The number of amides is 1. The molecular formula is C17H21ClFN5O. The molecule has 0 saturated carbocycles. The number of hydrogen-bond donors (Lipinski definition) is 3. The zero-order valence-corrected chi connectivity index (χ0v) is 15.0. The zero-order valence-electron chi connectivity index (χ0n) is 14.2. The Hall–Kier alpha value is -2.41. The molecule has 134 valence electrons. The Balaban J connectivity index is 1.80. The molecule has 6 nitrogen and oxygen atoms in total. The van der Waals surface area contributed by atoms with Crippen LogP contribution in [0.5, 0.6) is 0 Å². The summed E-state index contributed by atoms with van der Waals surface area (Å²) >= 11 is 5.92. The minimum Gasteiger partial charge on any atom is -0.370 e. The Labute approximate surface area is 151 Å². The molecule has 25 heavy (non-hydrogen) atoms. The molecule has 0 saturated heterocycles. The van der Waals surface area contributed by atoms with Gasteiger partial charge in [-0.1, -0.05) is 17.7 Å². The van der Waals surface area contributed by atoms with Crippen LogP contribution in [0.1, 0.15) is 18.3 Å². The third-order valence-electron chi connectivity index (χ3n) is 3.35. The quantitative estimate of drug-likeness (QED) is 0.627. The lowest BCUT2D eigenvalue weighted by atomic mass is 10.1. The lowest BCUT2D eigenvalue weighted by Crippen LogP contribution is -2.30. The van der Waals surface area contributed by atoms with E-state index >= 15 is 0 Å². The normalized spacial score (nSPS) is 10.4. The van der Waals surface area contributed by atoms with Crippen molar-refractivity contribution < 1.29 is 9.18 Å². The van der Waals surface area contributed by atoms with Crippen molar-refractivity contribution in [1.29, 1.82) is 0 Å². The molecule has 0 spiro atoms. The van der Waals surface area contributed by atoms with Gasteiger partial charge in [0.25, 0.3) is 0 Å². The number of hydrogen-bond acceptors (Lipinski definition) is 5. The van der Waals surface area contributed by atoms with E-state index in [1.807, 2.05) is 13.8 Å². The molecule has 8 heteroatoms. The van der Waals surface area contributed by atoms with Gasteiger partial charge in [0.1, 0.15) is 23.3 Å². The van der Waals surface area contributed by atoms with Gasteiger partial charge in [-0.2, -0.15) is 0 Å². The van der Waals surface area contributed by atoms with Gasteiger partial charge in [-0.05, 0) is 26.0 Å². The molecule has 0 bridgehead atoms. The van der Waals surface area contributed by atoms with Gasteiger partial charge in [0.2, 0.25) is 5.91 Å². The molecule has 0 radical (unpaired) electrons. The zero-order chi connectivity index (χ0) is 18.2. The van der Waals surface area contributed by atoms with E-state index in [1.165, 1.54) is 12.1 Å². The van der Waals surface area contributed by atoms with Crippen LogP contribution in [0, 0.1) is 12.7 Å². The first-order valence-electron chi connectivity index (χ1n) is 8.02. The predicted molar refractivity (Wildman–Crippen MR) is 97.5 cm³/mol. The molecular weight excluding hydrogens is 345 g/mol. The van der Waals surface area contributed by atoms with E-state index in [0.717, 1.165) is 12.4 Å². The topological polar surface area (TPSA) is 78.9 Å². The summed E-state index contributed by atoms with van der Waals surface area (Å²) < 4.78 is 13.7. The van der Waals surface area contributed by atoms with Crippen molar-refractivity contribution in [3.8, 4) is 0 Å². The number of nitrogens with one attached hydrogen (secondary N) is 3. The summed E-state index contributed by atoms with van der Waals surface area (Å²) in [5.74, 6) is 1.30. The minimum atomic E-state index is -0.479. The van der Waals surface area contributed by atoms with Gasteiger partial charge in [0, 0.05) is 36.3 Å². The summed E-state index contributed by atoms with van der Waals surface area (Å²) in [5, 5.41) is 9.22. The first kappa shape index (κ1) is 18.9. The maximum atomic E-state index is 13.7. The molecule has 0 atom stereocenters. The third kappa shape index (κ3) is 5.86. The summed E-state index contributed by atoms with van der Waals surface area (Å²) in [6.45, 7) is 5.43. The van der Waals surface area contributed by atoms with Crippen molar-refractivity contribution in [1.82, 2.24) is 15.3 Å². The van der Waals surface area contributed by atoms with Crippen LogP contribution in [0.25, 0.3) is 0 Å².